The van der Waals surface area contributed by atoms with Gasteiger partial charge in [-0.25, -0.2) is 9.59 Å². The van der Waals surface area contributed by atoms with Crippen LogP contribution in [0, 0.1) is 5.92 Å². The lowest BCUT2D eigenvalue weighted by Gasteiger charge is -2.35. The molecular weight excluding hydrogens is 560 g/mol. The number of hydroxylamine groups is 2. The molecule has 2 aliphatic heterocycles. The third kappa shape index (κ3) is 6.32. The van der Waals surface area contributed by atoms with Crippen LogP contribution in [0.25, 0.3) is 0 Å². The number of ether oxygens (including phenoxy) is 1. The van der Waals surface area contributed by atoms with E-state index in [1.807, 2.05) is 0 Å². The first-order chi connectivity index (χ1) is 20.6. The van der Waals surface area contributed by atoms with Gasteiger partial charge in [0.15, 0.2) is 5.78 Å². The Labute approximate surface area is 245 Å². The average Bonchev–Trinajstić information content (AvgIpc) is 3.29. The van der Waals surface area contributed by atoms with Crippen LogP contribution in [0.1, 0.15) is 76.3 Å². The van der Waals surface area contributed by atoms with Gasteiger partial charge in [-0.2, -0.15) is 0 Å². The van der Waals surface area contributed by atoms with Gasteiger partial charge in [0.1, 0.15) is 17.3 Å². The van der Waals surface area contributed by atoms with E-state index in [0.717, 1.165) is 0 Å². The number of amides is 3. The number of carbonyl (C=O) groups excluding carboxylic acids is 5. The van der Waals surface area contributed by atoms with Gasteiger partial charge in [0.2, 0.25) is 0 Å². The number of fused-ring (bicyclic) bond motifs is 2. The maximum absolute atomic E-state index is 12.8. The summed E-state index contributed by atoms with van der Waals surface area (Å²) in [6.07, 6.45) is 5.96. The number of imide groups is 1. The minimum Gasteiger partial charge on any atom is -0.508 e. The second kappa shape index (κ2) is 12.3. The summed E-state index contributed by atoms with van der Waals surface area (Å²) >= 11 is 0. The number of carboxylic acid groups (broad SMARTS) is 1. The standard InChI is InChI=1S/C31H28N2O10/c34-18-6-9-21-24(15-18)42-25-16-19(35)7-10-22(25)29(21)20-8-5-17(14-23(20)31(40)41)30(39)32-13-3-1-2-4-28(38)43-33-26(36)11-12-27(33)37/h5-10,14-16,21,29,35H,1-4,11-13H2,(H,32,39)(H,40,41). The van der Waals surface area contributed by atoms with E-state index >= 15 is 0 Å². The summed E-state index contributed by atoms with van der Waals surface area (Å²) in [6, 6.07) is 8.94. The van der Waals surface area contributed by atoms with Crippen LogP contribution in [0.15, 0.2) is 60.4 Å². The first-order valence-electron chi connectivity index (χ1n) is 13.8. The molecule has 0 spiro atoms. The Morgan fingerprint density at radius 2 is 1.72 bits per heavy atom. The number of carbonyl (C=O) groups is 6. The van der Waals surface area contributed by atoms with Gasteiger partial charge >= 0.3 is 11.9 Å². The molecule has 12 nitrogen and oxygen atoms in total. The van der Waals surface area contributed by atoms with Crippen molar-refractivity contribution >= 4 is 35.4 Å². The molecule has 2 aromatic carbocycles. The Bertz CT molecular complexity index is 1570. The Morgan fingerprint density at radius 1 is 0.977 bits per heavy atom. The molecule has 1 aliphatic carbocycles. The van der Waals surface area contributed by atoms with Gasteiger partial charge in [-0.3, -0.25) is 19.2 Å². The number of allylic oxidation sites excluding steroid dienone is 3. The van der Waals surface area contributed by atoms with E-state index in [-0.39, 0.29) is 48.5 Å². The number of aromatic hydroxyl groups is 1. The number of phenols is 1. The van der Waals surface area contributed by atoms with Crippen molar-refractivity contribution in [3.8, 4) is 11.5 Å². The number of unbranched alkanes of at least 4 members (excludes halogenated alkanes) is 2. The van der Waals surface area contributed by atoms with Crippen LogP contribution in [-0.4, -0.2) is 57.3 Å². The van der Waals surface area contributed by atoms with E-state index in [1.54, 1.807) is 18.2 Å². The molecule has 12 heteroatoms. The molecule has 0 bridgehead atoms. The third-order valence-corrected chi connectivity index (χ3v) is 7.42. The van der Waals surface area contributed by atoms with Crippen LogP contribution in [0.5, 0.6) is 11.5 Å². The number of ketones is 1. The number of nitrogens with one attached hydrogen (secondary N) is 1. The molecule has 1 fully saturated rings. The number of nitrogens with zero attached hydrogens (tertiary/aromatic N) is 1. The molecule has 0 saturated carbocycles. The zero-order chi connectivity index (χ0) is 30.7. The molecule has 1 saturated heterocycles. The molecule has 2 heterocycles. The van der Waals surface area contributed by atoms with Crippen molar-refractivity contribution in [1.29, 1.82) is 0 Å². The normalized spacial score (nSPS) is 18.8. The van der Waals surface area contributed by atoms with Crippen LogP contribution < -0.4 is 10.1 Å². The molecule has 2 unspecified atom stereocenters. The maximum Gasteiger partial charge on any atom is 0.336 e. The number of benzene rings is 2. The lowest BCUT2D eigenvalue weighted by molar-refractivity contribution is -0.197. The van der Waals surface area contributed by atoms with Crippen molar-refractivity contribution in [2.45, 2.75) is 44.4 Å². The van der Waals surface area contributed by atoms with Gasteiger partial charge in [-0.1, -0.05) is 24.6 Å². The summed E-state index contributed by atoms with van der Waals surface area (Å²) in [6.45, 7) is 0.271. The summed E-state index contributed by atoms with van der Waals surface area (Å²) in [5.41, 5.74) is 1.10. The average molecular weight is 589 g/mol. The van der Waals surface area contributed by atoms with E-state index in [4.69, 9.17) is 9.57 Å². The van der Waals surface area contributed by atoms with Gasteiger partial charge in [0, 0.05) is 60.9 Å². The van der Waals surface area contributed by atoms with Crippen LogP contribution in [0.4, 0.5) is 0 Å². The van der Waals surface area contributed by atoms with Crippen molar-refractivity contribution in [2.75, 3.05) is 6.54 Å². The summed E-state index contributed by atoms with van der Waals surface area (Å²) in [4.78, 5) is 77.0. The van der Waals surface area contributed by atoms with E-state index in [9.17, 15) is 39.0 Å². The fraction of sp³-hybridized carbons (Fsp3) is 0.290. The highest BCUT2D eigenvalue weighted by Gasteiger charge is 2.38. The van der Waals surface area contributed by atoms with Gasteiger partial charge in [0.25, 0.3) is 17.7 Å². The lowest BCUT2D eigenvalue weighted by atomic mass is 9.74. The Morgan fingerprint density at radius 3 is 2.47 bits per heavy atom. The van der Waals surface area contributed by atoms with Crippen molar-refractivity contribution in [1.82, 2.24) is 10.4 Å². The number of phenolic OH excluding ortho intramolecular Hbond substituents is 1. The first-order valence-corrected chi connectivity index (χ1v) is 13.8. The first kappa shape index (κ1) is 29.2. The number of hydrogen-bond acceptors (Lipinski definition) is 9. The number of aromatic carboxylic acids is 1. The summed E-state index contributed by atoms with van der Waals surface area (Å²) in [7, 11) is 0. The topological polar surface area (TPSA) is 177 Å². The zero-order valence-electron chi connectivity index (χ0n) is 22.9. The Kier molecular flexibility index (Phi) is 8.37. The van der Waals surface area contributed by atoms with Gasteiger partial charge in [-0.15, -0.1) is 5.06 Å². The molecule has 3 amide bonds. The van der Waals surface area contributed by atoms with E-state index in [1.165, 1.54) is 36.4 Å². The molecule has 222 valence electrons. The third-order valence-electron chi connectivity index (χ3n) is 7.42. The molecule has 3 aliphatic rings. The van der Waals surface area contributed by atoms with Gasteiger partial charge in [-0.05, 0) is 42.7 Å². The molecule has 0 aromatic heterocycles. The molecule has 2 aromatic rings. The quantitative estimate of drug-likeness (QED) is 0.276. The zero-order valence-corrected chi connectivity index (χ0v) is 22.9. The van der Waals surface area contributed by atoms with Crippen molar-refractivity contribution in [3.63, 3.8) is 0 Å². The van der Waals surface area contributed by atoms with Crippen LogP contribution in [-0.2, 0) is 24.0 Å². The maximum atomic E-state index is 12.8. The summed E-state index contributed by atoms with van der Waals surface area (Å²) < 4.78 is 5.89. The SMILES string of the molecule is O=C1C=CC2C(=C1)Oc1cc(O)ccc1C2c1ccc(C(=O)NCCCCCC(=O)ON2C(=O)CCC2=O)cc1C(=O)O. The monoisotopic (exact) mass is 588 g/mol. The fourth-order valence-corrected chi connectivity index (χ4v) is 5.33. The van der Waals surface area contributed by atoms with Crippen LogP contribution in [0.3, 0.4) is 0 Å². The number of rotatable bonds is 10. The van der Waals surface area contributed by atoms with E-state index < -0.39 is 41.5 Å². The second-order valence-corrected chi connectivity index (χ2v) is 10.4. The highest BCUT2D eigenvalue weighted by Crippen LogP contribution is 2.48. The van der Waals surface area contributed by atoms with Gasteiger partial charge < -0.3 is 25.1 Å². The van der Waals surface area contributed by atoms with Crippen molar-refractivity contribution in [2.24, 2.45) is 5.92 Å². The van der Waals surface area contributed by atoms with Crippen LogP contribution in [0.2, 0.25) is 0 Å². The minimum absolute atomic E-state index is 0.00460. The molecule has 2 atom stereocenters. The largest absolute Gasteiger partial charge is 0.508 e. The molecular formula is C31H28N2O10. The molecule has 3 N–H and O–H groups in total. The minimum atomic E-state index is -1.23. The number of carboxylic acids is 1. The number of hydrogen-bond donors (Lipinski definition) is 3. The predicted molar refractivity (Wildman–Crippen MR) is 148 cm³/mol. The van der Waals surface area contributed by atoms with Crippen molar-refractivity contribution < 1.29 is 48.6 Å². The lowest BCUT2D eigenvalue weighted by Crippen LogP contribution is -2.32. The summed E-state index contributed by atoms with van der Waals surface area (Å²) in [5.74, 6) is -4.18. The van der Waals surface area contributed by atoms with Gasteiger partial charge in [0.05, 0.1) is 5.56 Å². The summed E-state index contributed by atoms with van der Waals surface area (Å²) in [5, 5.41) is 23.3. The van der Waals surface area contributed by atoms with Crippen LogP contribution >= 0.6 is 0 Å². The second-order valence-electron chi connectivity index (χ2n) is 10.4. The Hall–Kier alpha value is -5.26. The molecule has 0 radical (unpaired) electrons. The predicted octanol–water partition coefficient (Wildman–Crippen LogP) is 3.15. The smallest absolute Gasteiger partial charge is 0.336 e. The molecule has 43 heavy (non-hydrogen) atoms. The highest BCUT2D eigenvalue weighted by molar-refractivity contribution is 6.02. The van der Waals surface area contributed by atoms with E-state index in [2.05, 4.69) is 5.32 Å². The fourth-order valence-electron chi connectivity index (χ4n) is 5.33. The molecule has 5 rings (SSSR count). The van der Waals surface area contributed by atoms with E-state index in [0.29, 0.717) is 47.0 Å². The Balaban J connectivity index is 1.22. The van der Waals surface area contributed by atoms with Crippen molar-refractivity contribution in [3.05, 3.63) is 82.6 Å². The highest BCUT2D eigenvalue weighted by atomic mass is 16.7.